The summed E-state index contributed by atoms with van der Waals surface area (Å²) in [6, 6.07) is 88.7. The van der Waals surface area contributed by atoms with Crippen LogP contribution in [-0.2, 0) is 20.1 Å². The van der Waals surface area contributed by atoms with Crippen molar-refractivity contribution in [2.75, 3.05) is 0 Å². The molecule has 0 aliphatic rings. The predicted molar refractivity (Wildman–Crippen MR) is 296 cm³/mol. The molecule has 0 bridgehead atoms. The standard InChI is InChI=1S/C68H41N4O.Ir/c1-3-17-55(53(15-1)45-26-30-47(31-27-45)63-22-9-12-37-69-63)50-41-51(56-18-4-2-16-54(56)46-28-32-48(33-29-46)64-23-10-13-38-70-64)43-52(42-50)57-19-5-6-20-58(57)59-35-34-49(65-24-11-14-39-71-65)44-62(59)60-36-40-72-67-61-21-7-8-25-66(61)73-68(60)67;/h1-30,32,35-44H;/q-3;+3. The zero-order valence-corrected chi connectivity index (χ0v) is 42.1. The molecule has 13 aromatic rings. The summed E-state index contributed by atoms with van der Waals surface area (Å²) in [6.45, 7) is 0. The largest absolute Gasteiger partial charge is 3.00 e. The number of furan rings is 1. The Hall–Kier alpha value is -9.19. The van der Waals surface area contributed by atoms with Crippen molar-refractivity contribution >= 4 is 22.1 Å². The molecule has 13 rings (SSSR count). The maximum Gasteiger partial charge on any atom is 3.00 e. The van der Waals surface area contributed by atoms with Crippen LogP contribution < -0.4 is 0 Å². The summed E-state index contributed by atoms with van der Waals surface area (Å²) < 4.78 is 6.67. The fourth-order valence-electron chi connectivity index (χ4n) is 10.0. The summed E-state index contributed by atoms with van der Waals surface area (Å²) in [5.74, 6) is 0. The minimum absolute atomic E-state index is 0. The van der Waals surface area contributed by atoms with E-state index in [0.29, 0.717) is 0 Å². The molecule has 0 atom stereocenters. The second kappa shape index (κ2) is 20.1. The molecule has 8 aromatic carbocycles. The van der Waals surface area contributed by atoms with Gasteiger partial charge in [0, 0.05) is 35.7 Å². The summed E-state index contributed by atoms with van der Waals surface area (Å²) >= 11 is 0. The van der Waals surface area contributed by atoms with E-state index in [-0.39, 0.29) is 20.1 Å². The molecule has 0 aliphatic carbocycles. The number of fused-ring (bicyclic) bond motifs is 3. The topological polar surface area (TPSA) is 64.7 Å². The number of nitrogens with zero attached hydrogens (tertiary/aromatic N) is 4. The molecule has 6 heteroatoms. The van der Waals surface area contributed by atoms with Crippen LogP contribution in [0, 0.1) is 18.2 Å². The first-order chi connectivity index (χ1) is 36.2. The van der Waals surface area contributed by atoms with Gasteiger partial charge in [-0.2, -0.15) is 0 Å². The SMILES string of the molecule is [Ir+3].[c-]1cc(-c2ccccc2-c2cc(-c3ccccc3-c3c[c-]c(-c4ccccn4)cc3)cc(-c3ccccc3-c3c[c-]c(-c4ccccn4)cc3-c3ccnc4c3oc3ccccc34)c2)ccc1-c1ccccn1. The van der Waals surface area contributed by atoms with Gasteiger partial charge in [-0.15, -0.1) is 83.4 Å². The molecule has 5 nitrogen and oxygen atoms in total. The molecule has 0 fully saturated rings. The van der Waals surface area contributed by atoms with Gasteiger partial charge in [0.2, 0.25) is 0 Å². The zero-order valence-electron chi connectivity index (χ0n) is 39.7. The fraction of sp³-hybridized carbons (Fsp3) is 0. The van der Waals surface area contributed by atoms with E-state index in [1.54, 1.807) is 0 Å². The van der Waals surface area contributed by atoms with Crippen molar-refractivity contribution in [3.8, 4) is 112 Å². The van der Waals surface area contributed by atoms with Crippen molar-refractivity contribution in [3.63, 3.8) is 0 Å². The van der Waals surface area contributed by atoms with Gasteiger partial charge in [-0.3, -0.25) is 4.98 Å². The van der Waals surface area contributed by atoms with Crippen LogP contribution in [0.1, 0.15) is 0 Å². The predicted octanol–water partition coefficient (Wildman–Crippen LogP) is 17.2. The third-order valence-electron chi connectivity index (χ3n) is 13.5. The van der Waals surface area contributed by atoms with E-state index in [1.807, 2.05) is 97.6 Å². The van der Waals surface area contributed by atoms with Crippen LogP contribution in [0.4, 0.5) is 0 Å². The van der Waals surface area contributed by atoms with Gasteiger partial charge in [0.1, 0.15) is 11.1 Å². The number of aromatic nitrogens is 4. The van der Waals surface area contributed by atoms with Crippen molar-refractivity contribution in [2.24, 2.45) is 0 Å². The van der Waals surface area contributed by atoms with Crippen molar-refractivity contribution in [1.29, 1.82) is 0 Å². The molecule has 0 spiro atoms. The Balaban J connectivity index is 0.00000556. The summed E-state index contributed by atoms with van der Waals surface area (Å²) in [5.41, 5.74) is 22.5. The van der Waals surface area contributed by atoms with Crippen LogP contribution >= 0.6 is 0 Å². The van der Waals surface area contributed by atoms with E-state index in [2.05, 4.69) is 180 Å². The summed E-state index contributed by atoms with van der Waals surface area (Å²) in [4.78, 5) is 18.8. The molecule has 0 amide bonds. The first-order valence-electron chi connectivity index (χ1n) is 24.2. The molecule has 0 saturated heterocycles. The average molecular weight is 1120 g/mol. The number of pyridine rings is 4. The fourth-order valence-corrected chi connectivity index (χ4v) is 10.0. The summed E-state index contributed by atoms with van der Waals surface area (Å²) in [7, 11) is 0. The van der Waals surface area contributed by atoms with Crippen LogP contribution in [0.15, 0.2) is 254 Å². The smallest absolute Gasteiger partial charge is 0.454 e. The first kappa shape index (κ1) is 45.9. The van der Waals surface area contributed by atoms with E-state index in [1.165, 1.54) is 0 Å². The molecular weight excluding hydrogens is 1080 g/mol. The molecule has 0 saturated carbocycles. The van der Waals surface area contributed by atoms with E-state index < -0.39 is 0 Å². The summed E-state index contributed by atoms with van der Waals surface area (Å²) in [6.07, 6.45) is 7.34. The maximum atomic E-state index is 6.67. The van der Waals surface area contributed by atoms with E-state index in [0.717, 1.165) is 134 Å². The van der Waals surface area contributed by atoms with E-state index >= 15 is 0 Å². The van der Waals surface area contributed by atoms with E-state index in [4.69, 9.17) is 14.4 Å². The number of rotatable bonds is 10. The summed E-state index contributed by atoms with van der Waals surface area (Å²) in [5, 5.41) is 0.975. The third-order valence-corrected chi connectivity index (χ3v) is 13.5. The Kier molecular flexibility index (Phi) is 12.5. The van der Waals surface area contributed by atoms with Gasteiger partial charge in [0.25, 0.3) is 0 Å². The monoisotopic (exact) mass is 1120 g/mol. The van der Waals surface area contributed by atoms with Crippen molar-refractivity contribution < 1.29 is 24.5 Å². The van der Waals surface area contributed by atoms with E-state index in [9.17, 15) is 0 Å². The first-order valence-corrected chi connectivity index (χ1v) is 24.2. The Morgan fingerprint density at radius 1 is 0.297 bits per heavy atom. The van der Waals surface area contributed by atoms with Gasteiger partial charge >= 0.3 is 20.1 Å². The normalized spacial score (nSPS) is 11.1. The molecule has 0 radical (unpaired) electrons. The zero-order chi connectivity index (χ0) is 48.5. The van der Waals surface area contributed by atoms with Gasteiger partial charge < -0.3 is 19.4 Å². The molecule has 0 N–H and O–H groups in total. The quantitative estimate of drug-likeness (QED) is 0.128. The molecule has 0 aliphatic heterocycles. The molecule has 5 aromatic heterocycles. The number of hydrogen-bond donors (Lipinski definition) is 0. The molecule has 74 heavy (non-hydrogen) atoms. The van der Waals surface area contributed by atoms with Crippen molar-refractivity contribution in [1.82, 2.24) is 19.9 Å². The molecular formula is C68H41IrN4O. The van der Waals surface area contributed by atoms with Crippen LogP contribution in [0.25, 0.3) is 134 Å². The van der Waals surface area contributed by atoms with Crippen molar-refractivity contribution in [3.05, 3.63) is 267 Å². The van der Waals surface area contributed by atoms with Gasteiger partial charge in [-0.25, -0.2) is 0 Å². The van der Waals surface area contributed by atoms with Crippen LogP contribution in [0.3, 0.4) is 0 Å². The molecule has 5 heterocycles. The maximum absolute atomic E-state index is 6.67. The average Bonchev–Trinajstić information content (AvgIpc) is 3.87. The molecule has 348 valence electrons. The Morgan fingerprint density at radius 3 is 1.24 bits per heavy atom. The Morgan fingerprint density at radius 2 is 0.743 bits per heavy atom. The minimum atomic E-state index is 0. The molecule has 0 unspecified atom stereocenters. The van der Waals surface area contributed by atoms with Gasteiger partial charge in [-0.1, -0.05) is 160 Å². The van der Waals surface area contributed by atoms with Crippen LogP contribution in [-0.4, -0.2) is 19.9 Å². The third kappa shape index (κ3) is 8.73. The second-order valence-corrected chi connectivity index (χ2v) is 17.9. The Labute approximate surface area is 443 Å². The van der Waals surface area contributed by atoms with Gasteiger partial charge in [0.15, 0.2) is 5.58 Å². The number of hydrogen-bond acceptors (Lipinski definition) is 5. The van der Waals surface area contributed by atoms with Crippen molar-refractivity contribution in [2.45, 2.75) is 0 Å². The van der Waals surface area contributed by atoms with Gasteiger partial charge in [0.05, 0.1) is 0 Å². The second-order valence-electron chi connectivity index (χ2n) is 17.9. The van der Waals surface area contributed by atoms with Crippen LogP contribution in [0.5, 0.6) is 0 Å². The van der Waals surface area contributed by atoms with Gasteiger partial charge in [-0.05, 0) is 105 Å². The number of para-hydroxylation sites is 1. The number of benzene rings is 8. The van der Waals surface area contributed by atoms with Crippen LogP contribution in [0.2, 0.25) is 0 Å². The minimum Gasteiger partial charge on any atom is -0.454 e. The Bertz CT molecular complexity index is 3980.